The minimum atomic E-state index is -0.506. The van der Waals surface area contributed by atoms with E-state index in [2.05, 4.69) is 17.3 Å². The van der Waals surface area contributed by atoms with Crippen LogP contribution in [0.25, 0.3) is 0 Å². The summed E-state index contributed by atoms with van der Waals surface area (Å²) in [6.07, 6.45) is 2.82. The monoisotopic (exact) mass is 214 g/mol. The van der Waals surface area contributed by atoms with Gasteiger partial charge < -0.3 is 15.3 Å². The molecule has 4 nitrogen and oxygen atoms in total. The molecular weight excluding hydrogens is 192 g/mol. The first-order valence-corrected chi connectivity index (χ1v) is 5.57. The quantitative estimate of drug-likeness (QED) is 0.710. The smallest absolute Gasteiger partial charge is 0.222 e. The van der Waals surface area contributed by atoms with Crippen LogP contribution in [0.1, 0.15) is 33.1 Å². The van der Waals surface area contributed by atoms with Gasteiger partial charge in [0.05, 0.1) is 12.1 Å². The van der Waals surface area contributed by atoms with Gasteiger partial charge in [0.2, 0.25) is 5.91 Å². The molecule has 0 saturated carbocycles. The van der Waals surface area contributed by atoms with Crippen LogP contribution in [0.2, 0.25) is 0 Å². The largest absolute Gasteiger partial charge is 0.394 e. The molecule has 0 aromatic carbocycles. The summed E-state index contributed by atoms with van der Waals surface area (Å²) in [6, 6.07) is 0.375. The van der Waals surface area contributed by atoms with E-state index in [-0.39, 0.29) is 12.5 Å². The van der Waals surface area contributed by atoms with Gasteiger partial charge in [0.25, 0.3) is 0 Å². The lowest BCUT2D eigenvalue weighted by molar-refractivity contribution is -0.124. The van der Waals surface area contributed by atoms with E-state index in [0.29, 0.717) is 12.5 Å². The zero-order chi connectivity index (χ0) is 11.5. The fourth-order valence-corrected chi connectivity index (χ4v) is 1.92. The van der Waals surface area contributed by atoms with E-state index < -0.39 is 5.54 Å². The molecule has 1 aliphatic rings. The van der Waals surface area contributed by atoms with Crippen molar-refractivity contribution in [3.63, 3.8) is 0 Å². The maximum Gasteiger partial charge on any atom is 0.222 e. The van der Waals surface area contributed by atoms with Crippen LogP contribution in [-0.2, 0) is 4.79 Å². The molecule has 0 spiro atoms. The standard InChI is InChI=1S/C11H22N2O2/c1-11(2,8-14)12-10(15)7-9-5-4-6-13(9)3/h9,14H,4-8H2,1-3H3,(H,12,15)/t9-/m0/s1. The summed E-state index contributed by atoms with van der Waals surface area (Å²) in [5, 5.41) is 11.9. The number of carbonyl (C=O) groups is 1. The molecule has 0 bridgehead atoms. The highest BCUT2D eigenvalue weighted by atomic mass is 16.3. The van der Waals surface area contributed by atoms with Gasteiger partial charge in [0.1, 0.15) is 0 Å². The second-order valence-corrected chi connectivity index (χ2v) is 5.07. The normalized spacial score (nSPS) is 23.1. The van der Waals surface area contributed by atoms with E-state index in [1.54, 1.807) is 0 Å². The van der Waals surface area contributed by atoms with Gasteiger partial charge in [-0.25, -0.2) is 0 Å². The lowest BCUT2D eigenvalue weighted by Gasteiger charge is -2.25. The van der Waals surface area contributed by atoms with Crippen molar-refractivity contribution in [1.82, 2.24) is 10.2 Å². The third-order valence-corrected chi connectivity index (χ3v) is 2.97. The molecule has 1 heterocycles. The molecule has 1 atom stereocenters. The summed E-state index contributed by atoms with van der Waals surface area (Å²) in [4.78, 5) is 13.9. The van der Waals surface area contributed by atoms with Crippen LogP contribution in [0.3, 0.4) is 0 Å². The second-order valence-electron chi connectivity index (χ2n) is 5.07. The van der Waals surface area contributed by atoms with Gasteiger partial charge in [-0.3, -0.25) is 4.79 Å². The maximum absolute atomic E-state index is 11.7. The van der Waals surface area contributed by atoms with E-state index in [9.17, 15) is 4.79 Å². The molecular formula is C11H22N2O2. The van der Waals surface area contributed by atoms with Crippen LogP contribution >= 0.6 is 0 Å². The SMILES string of the molecule is CN1CCC[C@H]1CC(=O)NC(C)(C)CO. The van der Waals surface area contributed by atoms with Gasteiger partial charge in [-0.15, -0.1) is 0 Å². The van der Waals surface area contributed by atoms with Crippen molar-refractivity contribution in [2.45, 2.75) is 44.7 Å². The number of aliphatic hydroxyl groups excluding tert-OH is 1. The second kappa shape index (κ2) is 4.94. The Labute approximate surface area is 91.6 Å². The highest BCUT2D eigenvalue weighted by Crippen LogP contribution is 2.17. The third kappa shape index (κ3) is 3.80. The van der Waals surface area contributed by atoms with E-state index in [1.165, 1.54) is 6.42 Å². The lowest BCUT2D eigenvalue weighted by Crippen LogP contribution is -2.47. The minimum Gasteiger partial charge on any atom is -0.394 e. The number of nitrogens with one attached hydrogen (secondary N) is 1. The van der Waals surface area contributed by atoms with Gasteiger partial charge >= 0.3 is 0 Å². The number of hydrogen-bond donors (Lipinski definition) is 2. The van der Waals surface area contributed by atoms with E-state index in [1.807, 2.05) is 13.8 Å². The number of rotatable bonds is 4. The van der Waals surface area contributed by atoms with Crippen LogP contribution < -0.4 is 5.32 Å². The molecule has 1 saturated heterocycles. The van der Waals surface area contributed by atoms with Crippen molar-refractivity contribution in [2.75, 3.05) is 20.2 Å². The zero-order valence-corrected chi connectivity index (χ0v) is 9.92. The van der Waals surface area contributed by atoms with Crippen LogP contribution in [0.5, 0.6) is 0 Å². The number of nitrogens with zero attached hydrogens (tertiary/aromatic N) is 1. The summed E-state index contributed by atoms with van der Waals surface area (Å²) in [6.45, 7) is 4.70. The third-order valence-electron chi connectivity index (χ3n) is 2.97. The van der Waals surface area contributed by atoms with Crippen LogP contribution in [0, 0.1) is 0 Å². The molecule has 0 aromatic rings. The van der Waals surface area contributed by atoms with Crippen molar-refractivity contribution >= 4 is 5.91 Å². The molecule has 1 amide bonds. The number of carbonyl (C=O) groups excluding carboxylic acids is 1. The van der Waals surface area contributed by atoms with Crippen molar-refractivity contribution in [3.05, 3.63) is 0 Å². The molecule has 15 heavy (non-hydrogen) atoms. The number of amides is 1. The first kappa shape index (κ1) is 12.5. The molecule has 1 aliphatic heterocycles. The van der Waals surface area contributed by atoms with Crippen molar-refractivity contribution in [1.29, 1.82) is 0 Å². The maximum atomic E-state index is 11.7. The average Bonchev–Trinajstić information content (AvgIpc) is 2.51. The Morgan fingerprint density at radius 3 is 2.73 bits per heavy atom. The molecule has 88 valence electrons. The molecule has 0 aliphatic carbocycles. The summed E-state index contributed by atoms with van der Waals surface area (Å²) in [5.41, 5.74) is -0.506. The van der Waals surface area contributed by atoms with Gasteiger partial charge in [0, 0.05) is 12.5 Å². The summed E-state index contributed by atoms with van der Waals surface area (Å²) in [7, 11) is 2.06. The summed E-state index contributed by atoms with van der Waals surface area (Å²) < 4.78 is 0. The highest BCUT2D eigenvalue weighted by molar-refractivity contribution is 5.77. The van der Waals surface area contributed by atoms with Crippen molar-refractivity contribution in [2.24, 2.45) is 0 Å². The first-order chi connectivity index (χ1) is 6.94. The molecule has 4 heteroatoms. The average molecular weight is 214 g/mol. The number of hydrogen-bond acceptors (Lipinski definition) is 3. The Hall–Kier alpha value is -0.610. The molecule has 0 aromatic heterocycles. The molecule has 0 unspecified atom stereocenters. The summed E-state index contributed by atoms with van der Waals surface area (Å²) in [5.74, 6) is 0.0350. The Morgan fingerprint density at radius 1 is 1.60 bits per heavy atom. The highest BCUT2D eigenvalue weighted by Gasteiger charge is 2.26. The zero-order valence-electron chi connectivity index (χ0n) is 9.92. The molecule has 0 radical (unpaired) electrons. The Kier molecular flexibility index (Phi) is 4.11. The van der Waals surface area contributed by atoms with Gasteiger partial charge in [-0.05, 0) is 40.3 Å². The fraction of sp³-hybridized carbons (Fsp3) is 0.909. The van der Waals surface area contributed by atoms with E-state index in [4.69, 9.17) is 5.11 Å². The first-order valence-electron chi connectivity index (χ1n) is 5.57. The van der Waals surface area contributed by atoms with E-state index in [0.717, 1.165) is 13.0 Å². The molecule has 1 rings (SSSR count). The molecule has 2 N–H and O–H groups in total. The number of aliphatic hydroxyl groups is 1. The van der Waals surface area contributed by atoms with Crippen LogP contribution in [0.15, 0.2) is 0 Å². The van der Waals surface area contributed by atoms with Crippen LogP contribution in [0.4, 0.5) is 0 Å². The van der Waals surface area contributed by atoms with Crippen molar-refractivity contribution < 1.29 is 9.90 Å². The predicted octanol–water partition coefficient (Wildman–Crippen LogP) is 0.358. The summed E-state index contributed by atoms with van der Waals surface area (Å²) >= 11 is 0. The number of likely N-dealkylation sites (tertiary alicyclic amines) is 1. The fourth-order valence-electron chi connectivity index (χ4n) is 1.92. The Morgan fingerprint density at radius 2 is 2.27 bits per heavy atom. The molecule has 1 fully saturated rings. The predicted molar refractivity (Wildman–Crippen MR) is 59.6 cm³/mol. The van der Waals surface area contributed by atoms with Crippen LogP contribution in [-0.4, -0.2) is 47.7 Å². The van der Waals surface area contributed by atoms with Crippen molar-refractivity contribution in [3.8, 4) is 0 Å². The van der Waals surface area contributed by atoms with Gasteiger partial charge in [0.15, 0.2) is 0 Å². The van der Waals surface area contributed by atoms with Gasteiger partial charge in [-0.1, -0.05) is 0 Å². The van der Waals surface area contributed by atoms with E-state index >= 15 is 0 Å². The van der Waals surface area contributed by atoms with Gasteiger partial charge in [-0.2, -0.15) is 0 Å². The Bertz CT molecular complexity index is 229. The minimum absolute atomic E-state index is 0.0285. The topological polar surface area (TPSA) is 52.6 Å². The lowest BCUT2D eigenvalue weighted by atomic mass is 10.1. The Balaban J connectivity index is 2.36.